The molecule has 1 N–H and O–H groups in total. The monoisotopic (exact) mass is 264 g/mol. The number of carbonyl (C=O) groups is 1. The average Bonchev–Trinajstić information content (AvgIpc) is 2.64. The molecule has 7 heteroatoms. The predicted octanol–water partition coefficient (Wildman–Crippen LogP) is 2.46. The van der Waals surface area contributed by atoms with E-state index in [0.717, 1.165) is 8.68 Å². The number of aromatic nitrogens is 2. The third-order valence-electron chi connectivity index (χ3n) is 1.94. The van der Waals surface area contributed by atoms with Crippen molar-refractivity contribution in [2.75, 3.05) is 6.26 Å². The minimum absolute atomic E-state index is 0.00477. The number of carboxylic acids is 1. The van der Waals surface area contributed by atoms with Crippen molar-refractivity contribution in [3.63, 3.8) is 0 Å². The van der Waals surface area contributed by atoms with Crippen LogP contribution < -0.4 is 0 Å². The summed E-state index contributed by atoms with van der Waals surface area (Å²) < 4.78 is 1.74. The van der Waals surface area contributed by atoms with E-state index in [1.54, 1.807) is 18.7 Å². The quantitative estimate of drug-likeness (QED) is 0.824. The van der Waals surface area contributed by atoms with Crippen LogP contribution in [-0.2, 0) is 4.79 Å². The summed E-state index contributed by atoms with van der Waals surface area (Å²) in [4.78, 5) is 10.7. The summed E-state index contributed by atoms with van der Waals surface area (Å²) in [5, 5.41) is 16.8. The molecule has 0 saturated heterocycles. The van der Waals surface area contributed by atoms with Crippen LogP contribution in [0.2, 0.25) is 0 Å². The zero-order valence-electron chi connectivity index (χ0n) is 8.63. The van der Waals surface area contributed by atoms with Gasteiger partial charge in [-0.3, -0.25) is 4.79 Å². The molecule has 0 spiro atoms. The van der Waals surface area contributed by atoms with Crippen LogP contribution in [0.5, 0.6) is 0 Å². The Balaban J connectivity index is 2.57. The Morgan fingerprint density at radius 2 is 2.00 bits per heavy atom. The molecule has 84 valence electrons. The number of hydrogen-bond donors (Lipinski definition) is 1. The van der Waals surface area contributed by atoms with Crippen molar-refractivity contribution >= 4 is 40.8 Å². The molecule has 0 aliphatic rings. The lowest BCUT2D eigenvalue weighted by molar-refractivity contribution is -0.140. The van der Waals surface area contributed by atoms with Crippen molar-refractivity contribution in [3.8, 4) is 0 Å². The van der Waals surface area contributed by atoms with E-state index in [1.165, 1.54) is 23.1 Å². The predicted molar refractivity (Wildman–Crippen MR) is 63.8 cm³/mol. The third kappa shape index (κ3) is 3.66. The van der Waals surface area contributed by atoms with Crippen LogP contribution in [0.25, 0.3) is 0 Å². The largest absolute Gasteiger partial charge is 0.481 e. The van der Waals surface area contributed by atoms with Gasteiger partial charge in [0.2, 0.25) is 0 Å². The van der Waals surface area contributed by atoms with Crippen LogP contribution >= 0.6 is 34.9 Å². The van der Waals surface area contributed by atoms with Crippen molar-refractivity contribution in [1.29, 1.82) is 0 Å². The first kappa shape index (κ1) is 12.8. The standard InChI is InChI=1S/C8H12N2O2S3/c1-4(6(11)12)5(2)14-8-10-9-7(13-3)15-8/h4-5H,1-3H3,(H,11,12). The van der Waals surface area contributed by atoms with Crippen molar-refractivity contribution in [2.24, 2.45) is 5.92 Å². The number of thioether (sulfide) groups is 2. The second kappa shape index (κ2) is 5.72. The van der Waals surface area contributed by atoms with Crippen molar-refractivity contribution in [3.05, 3.63) is 0 Å². The molecule has 1 rings (SSSR count). The Hall–Kier alpha value is -0.270. The molecule has 0 fully saturated rings. The van der Waals surface area contributed by atoms with E-state index in [0.29, 0.717) is 0 Å². The van der Waals surface area contributed by atoms with Gasteiger partial charge in [-0.15, -0.1) is 10.2 Å². The molecule has 1 aromatic heterocycles. The van der Waals surface area contributed by atoms with Gasteiger partial charge < -0.3 is 5.11 Å². The second-order valence-electron chi connectivity index (χ2n) is 2.99. The van der Waals surface area contributed by atoms with Gasteiger partial charge in [-0.05, 0) is 6.26 Å². The molecular weight excluding hydrogens is 252 g/mol. The second-order valence-corrected chi connectivity index (χ2v) is 6.64. The molecule has 0 aliphatic carbocycles. The third-order valence-corrected chi connectivity index (χ3v) is 5.24. The molecule has 0 aliphatic heterocycles. The first-order chi connectivity index (χ1) is 7.04. The van der Waals surface area contributed by atoms with Crippen LogP contribution in [0.15, 0.2) is 8.68 Å². The lowest BCUT2D eigenvalue weighted by Crippen LogP contribution is -2.19. The zero-order chi connectivity index (χ0) is 11.4. The first-order valence-corrected chi connectivity index (χ1v) is 7.23. The fourth-order valence-electron chi connectivity index (χ4n) is 0.789. The van der Waals surface area contributed by atoms with E-state index in [1.807, 2.05) is 13.2 Å². The van der Waals surface area contributed by atoms with Gasteiger partial charge in [0.1, 0.15) is 0 Å². The summed E-state index contributed by atoms with van der Waals surface area (Å²) in [6.07, 6.45) is 1.94. The topological polar surface area (TPSA) is 63.1 Å². The highest BCUT2D eigenvalue weighted by Crippen LogP contribution is 2.32. The SMILES string of the molecule is CSc1nnc(SC(C)C(C)C(=O)O)s1. The van der Waals surface area contributed by atoms with E-state index in [9.17, 15) is 4.79 Å². The fraction of sp³-hybridized carbons (Fsp3) is 0.625. The summed E-state index contributed by atoms with van der Waals surface area (Å²) in [7, 11) is 0. The van der Waals surface area contributed by atoms with Gasteiger partial charge in [-0.2, -0.15) is 0 Å². The maximum absolute atomic E-state index is 10.7. The van der Waals surface area contributed by atoms with Gasteiger partial charge in [0.15, 0.2) is 8.68 Å². The van der Waals surface area contributed by atoms with Gasteiger partial charge in [0.25, 0.3) is 0 Å². The molecule has 2 unspecified atom stereocenters. The van der Waals surface area contributed by atoms with Gasteiger partial charge in [0.05, 0.1) is 5.92 Å². The molecule has 0 bridgehead atoms. The Kier molecular flexibility index (Phi) is 4.88. The number of nitrogens with zero attached hydrogens (tertiary/aromatic N) is 2. The highest BCUT2D eigenvalue weighted by molar-refractivity contribution is 8.03. The van der Waals surface area contributed by atoms with Crippen LogP contribution in [0.1, 0.15) is 13.8 Å². The smallest absolute Gasteiger partial charge is 0.307 e. The molecule has 1 heterocycles. The Morgan fingerprint density at radius 1 is 1.40 bits per heavy atom. The minimum atomic E-state index is -0.774. The highest BCUT2D eigenvalue weighted by Gasteiger charge is 2.21. The first-order valence-electron chi connectivity index (χ1n) is 4.31. The Labute approximate surface area is 101 Å². The van der Waals surface area contributed by atoms with Crippen LogP contribution in [0.3, 0.4) is 0 Å². The maximum atomic E-state index is 10.7. The maximum Gasteiger partial charge on any atom is 0.307 e. The molecule has 15 heavy (non-hydrogen) atoms. The Morgan fingerprint density at radius 3 is 2.47 bits per heavy atom. The molecule has 0 radical (unpaired) electrons. The molecule has 0 amide bonds. The average molecular weight is 264 g/mol. The summed E-state index contributed by atoms with van der Waals surface area (Å²) in [6.45, 7) is 3.60. The van der Waals surface area contributed by atoms with Gasteiger partial charge in [-0.1, -0.05) is 48.7 Å². The number of rotatable bonds is 5. The molecule has 4 nitrogen and oxygen atoms in total. The van der Waals surface area contributed by atoms with Crippen LogP contribution in [-0.4, -0.2) is 32.8 Å². The summed E-state index contributed by atoms with van der Waals surface area (Å²) in [5.74, 6) is -1.15. The zero-order valence-corrected chi connectivity index (χ0v) is 11.1. The number of aliphatic carboxylic acids is 1. The summed E-state index contributed by atoms with van der Waals surface area (Å²) >= 11 is 4.51. The normalized spacial score (nSPS) is 14.9. The van der Waals surface area contributed by atoms with Crippen molar-refractivity contribution in [1.82, 2.24) is 10.2 Å². The van der Waals surface area contributed by atoms with Crippen LogP contribution in [0, 0.1) is 5.92 Å². The molecule has 1 aromatic rings. The van der Waals surface area contributed by atoms with E-state index in [2.05, 4.69) is 10.2 Å². The molecular formula is C8H12N2O2S3. The fourth-order valence-corrected chi connectivity index (χ4v) is 3.56. The molecule has 2 atom stereocenters. The van der Waals surface area contributed by atoms with E-state index in [-0.39, 0.29) is 11.2 Å². The van der Waals surface area contributed by atoms with Crippen molar-refractivity contribution < 1.29 is 9.90 Å². The lowest BCUT2D eigenvalue weighted by atomic mass is 10.1. The van der Waals surface area contributed by atoms with E-state index in [4.69, 9.17) is 5.11 Å². The lowest BCUT2D eigenvalue weighted by Gasteiger charge is -2.12. The van der Waals surface area contributed by atoms with E-state index < -0.39 is 5.97 Å². The Bertz CT molecular complexity index is 342. The number of carboxylic acid groups (broad SMARTS) is 1. The van der Waals surface area contributed by atoms with E-state index >= 15 is 0 Å². The van der Waals surface area contributed by atoms with Crippen LogP contribution in [0.4, 0.5) is 0 Å². The molecule has 0 saturated carbocycles. The van der Waals surface area contributed by atoms with Gasteiger partial charge in [0, 0.05) is 5.25 Å². The van der Waals surface area contributed by atoms with Crippen molar-refractivity contribution in [2.45, 2.75) is 27.8 Å². The highest BCUT2D eigenvalue weighted by atomic mass is 32.2. The number of hydrogen-bond acceptors (Lipinski definition) is 6. The minimum Gasteiger partial charge on any atom is -0.481 e. The summed E-state index contributed by atoms with van der Waals surface area (Å²) in [5.41, 5.74) is 0. The van der Waals surface area contributed by atoms with Gasteiger partial charge >= 0.3 is 5.97 Å². The van der Waals surface area contributed by atoms with Gasteiger partial charge in [-0.25, -0.2) is 0 Å². The summed E-state index contributed by atoms with van der Waals surface area (Å²) in [6, 6.07) is 0. The molecule has 0 aromatic carbocycles.